The van der Waals surface area contributed by atoms with Gasteiger partial charge >= 0.3 is 5.97 Å². The Morgan fingerprint density at radius 3 is 2.69 bits per heavy atom. The van der Waals surface area contributed by atoms with E-state index in [0.29, 0.717) is 11.6 Å². The number of pyridine rings is 1. The van der Waals surface area contributed by atoms with Crippen LogP contribution in [0.5, 0.6) is 0 Å². The Hall–Kier alpha value is -2.64. The molecule has 1 atom stereocenters. The molecule has 2 aromatic rings. The molecule has 2 saturated carbocycles. The first kappa shape index (κ1) is 18.4. The molecule has 3 aliphatic rings. The predicted octanol–water partition coefficient (Wildman–Crippen LogP) is 2.26. The van der Waals surface area contributed by atoms with Crippen LogP contribution in [0.25, 0.3) is 5.65 Å². The van der Waals surface area contributed by atoms with E-state index in [-0.39, 0.29) is 29.1 Å². The number of amides is 1. The zero-order chi connectivity index (χ0) is 20.3. The molecule has 154 valence electrons. The van der Waals surface area contributed by atoms with Gasteiger partial charge in [0.2, 0.25) is 5.82 Å². The summed E-state index contributed by atoms with van der Waals surface area (Å²) in [5.41, 5.74) is 2.96. The summed E-state index contributed by atoms with van der Waals surface area (Å²) in [6, 6.07) is 2.21. The Morgan fingerprint density at radius 1 is 1.28 bits per heavy atom. The molecule has 2 aromatic heterocycles. The predicted molar refractivity (Wildman–Crippen MR) is 107 cm³/mol. The van der Waals surface area contributed by atoms with Crippen LogP contribution in [-0.4, -0.2) is 50.7 Å². The van der Waals surface area contributed by atoms with Crippen LogP contribution in [0, 0.1) is 24.2 Å². The van der Waals surface area contributed by atoms with Crippen LogP contribution in [0.1, 0.15) is 55.2 Å². The third kappa shape index (κ3) is 3.14. The van der Waals surface area contributed by atoms with Gasteiger partial charge in [-0.3, -0.25) is 9.59 Å². The number of carboxylic acids is 1. The quantitative estimate of drug-likeness (QED) is 0.821. The molecule has 3 fully saturated rings. The van der Waals surface area contributed by atoms with Crippen molar-refractivity contribution in [2.45, 2.75) is 52.0 Å². The highest BCUT2D eigenvalue weighted by Gasteiger charge is 2.55. The average molecular weight is 397 g/mol. The third-order valence-electron chi connectivity index (χ3n) is 7.00. The van der Waals surface area contributed by atoms with E-state index in [4.69, 9.17) is 5.11 Å². The molecule has 2 N–H and O–H groups in total. The van der Waals surface area contributed by atoms with Crippen LogP contribution in [0.2, 0.25) is 0 Å². The maximum atomic E-state index is 12.6. The van der Waals surface area contributed by atoms with Gasteiger partial charge in [-0.25, -0.2) is 9.50 Å². The van der Waals surface area contributed by atoms with Gasteiger partial charge in [0.05, 0.1) is 17.8 Å². The number of anilines is 1. The average Bonchev–Trinajstić information content (AvgIpc) is 3.21. The Bertz CT molecular complexity index is 986. The maximum absolute atomic E-state index is 12.6. The van der Waals surface area contributed by atoms with Crippen LogP contribution in [0.3, 0.4) is 0 Å². The maximum Gasteiger partial charge on any atom is 0.306 e. The first-order chi connectivity index (χ1) is 13.8. The molecule has 1 aliphatic heterocycles. The van der Waals surface area contributed by atoms with Gasteiger partial charge in [-0.2, -0.15) is 0 Å². The van der Waals surface area contributed by atoms with Gasteiger partial charge < -0.3 is 15.3 Å². The number of nitrogens with one attached hydrogen (secondary N) is 1. The number of aryl methyl sites for hydroxylation is 1. The number of aliphatic carboxylic acids is 1. The summed E-state index contributed by atoms with van der Waals surface area (Å²) in [6.07, 6.45) is 6.33. The van der Waals surface area contributed by atoms with Gasteiger partial charge in [-0.1, -0.05) is 6.92 Å². The van der Waals surface area contributed by atoms with E-state index in [9.17, 15) is 9.59 Å². The van der Waals surface area contributed by atoms with Crippen molar-refractivity contribution in [2.75, 3.05) is 18.0 Å². The molecule has 8 nitrogen and oxygen atoms in total. The van der Waals surface area contributed by atoms with Crippen LogP contribution < -0.4 is 10.2 Å². The number of hydrogen-bond donors (Lipinski definition) is 2. The minimum Gasteiger partial charge on any atom is -0.481 e. The van der Waals surface area contributed by atoms with Gasteiger partial charge in [0, 0.05) is 19.1 Å². The fourth-order valence-electron chi connectivity index (χ4n) is 5.40. The first-order valence-electron chi connectivity index (χ1n) is 10.5. The largest absolute Gasteiger partial charge is 0.481 e. The van der Waals surface area contributed by atoms with Gasteiger partial charge in [0.25, 0.3) is 5.91 Å². The normalized spacial score (nSPS) is 31.0. The van der Waals surface area contributed by atoms with Crippen molar-refractivity contribution in [1.82, 2.24) is 19.9 Å². The van der Waals surface area contributed by atoms with Crippen molar-refractivity contribution in [1.29, 1.82) is 0 Å². The van der Waals surface area contributed by atoms with Crippen molar-refractivity contribution in [3.05, 3.63) is 23.7 Å². The summed E-state index contributed by atoms with van der Waals surface area (Å²) >= 11 is 0. The molecule has 1 unspecified atom stereocenters. The number of carboxylic acid groups (broad SMARTS) is 1. The Balaban J connectivity index is 1.25. The van der Waals surface area contributed by atoms with E-state index in [0.717, 1.165) is 50.0 Å². The Kier molecular flexibility index (Phi) is 4.08. The third-order valence-corrected chi connectivity index (χ3v) is 7.00. The van der Waals surface area contributed by atoms with Crippen LogP contribution >= 0.6 is 0 Å². The molecule has 8 heteroatoms. The Labute approximate surface area is 169 Å². The highest BCUT2D eigenvalue weighted by Crippen LogP contribution is 2.58. The van der Waals surface area contributed by atoms with E-state index in [1.807, 2.05) is 13.1 Å². The summed E-state index contributed by atoms with van der Waals surface area (Å²) in [7, 11) is 0. The topological polar surface area (TPSA) is 99.8 Å². The molecule has 29 heavy (non-hydrogen) atoms. The van der Waals surface area contributed by atoms with Crippen LogP contribution in [0.15, 0.2) is 12.3 Å². The molecule has 1 amide bonds. The summed E-state index contributed by atoms with van der Waals surface area (Å²) in [4.78, 5) is 30.5. The number of hydrogen-bond acceptors (Lipinski definition) is 5. The summed E-state index contributed by atoms with van der Waals surface area (Å²) in [5, 5.41) is 16.5. The minimum atomic E-state index is -0.699. The Morgan fingerprint density at radius 2 is 2.03 bits per heavy atom. The van der Waals surface area contributed by atoms with Crippen molar-refractivity contribution in [3.8, 4) is 0 Å². The van der Waals surface area contributed by atoms with E-state index < -0.39 is 5.97 Å². The van der Waals surface area contributed by atoms with E-state index >= 15 is 0 Å². The van der Waals surface area contributed by atoms with Crippen LogP contribution in [-0.2, 0) is 4.79 Å². The second-order valence-corrected chi connectivity index (χ2v) is 9.45. The SMILES string of the molecule is Cc1cc(N2CCC(C)C2)cn2nc(C(=O)NC3CC4(C3)CC(C(=O)O)C4)nc12. The molecular formula is C21H27N5O3. The fraction of sp³-hybridized carbons (Fsp3) is 0.619. The van der Waals surface area contributed by atoms with Gasteiger partial charge in [0.1, 0.15) is 0 Å². The highest BCUT2D eigenvalue weighted by molar-refractivity contribution is 5.91. The summed E-state index contributed by atoms with van der Waals surface area (Å²) in [5.74, 6) is -0.274. The van der Waals surface area contributed by atoms with Crippen molar-refractivity contribution < 1.29 is 14.7 Å². The lowest BCUT2D eigenvalue weighted by atomic mass is 9.50. The molecule has 0 radical (unpaired) electrons. The van der Waals surface area contributed by atoms with Gasteiger partial charge in [0.15, 0.2) is 5.65 Å². The zero-order valence-electron chi connectivity index (χ0n) is 16.9. The second-order valence-electron chi connectivity index (χ2n) is 9.45. The van der Waals surface area contributed by atoms with Crippen LogP contribution in [0.4, 0.5) is 5.69 Å². The number of carbonyl (C=O) groups excluding carboxylic acids is 1. The molecular weight excluding hydrogens is 370 g/mol. The molecule has 1 spiro atoms. The first-order valence-corrected chi connectivity index (χ1v) is 10.5. The number of rotatable bonds is 4. The molecule has 1 saturated heterocycles. The lowest BCUT2D eigenvalue weighted by Crippen LogP contribution is -2.57. The van der Waals surface area contributed by atoms with Gasteiger partial charge in [-0.05, 0) is 62.0 Å². The zero-order valence-corrected chi connectivity index (χ0v) is 16.9. The lowest BCUT2D eigenvalue weighted by molar-refractivity contribution is -0.155. The number of fused-ring (bicyclic) bond motifs is 1. The second kappa shape index (κ2) is 6.43. The highest BCUT2D eigenvalue weighted by atomic mass is 16.4. The smallest absolute Gasteiger partial charge is 0.306 e. The number of nitrogens with zero attached hydrogens (tertiary/aromatic N) is 4. The summed E-state index contributed by atoms with van der Waals surface area (Å²) in [6.45, 7) is 6.35. The molecule has 5 rings (SSSR count). The van der Waals surface area contributed by atoms with Crippen molar-refractivity contribution >= 4 is 23.2 Å². The number of aromatic nitrogens is 3. The standard InChI is InChI=1S/C21H27N5O3/c1-12-3-4-25(10-12)16-5-13(2)18-23-17(24-26(18)11-16)19(27)22-15-8-21(9-15)6-14(7-21)20(28)29/h5,11-12,14-15H,3-4,6-10H2,1-2H3,(H,22,27)(H,28,29). The summed E-state index contributed by atoms with van der Waals surface area (Å²) < 4.78 is 1.72. The van der Waals surface area contributed by atoms with E-state index in [1.165, 1.54) is 6.42 Å². The van der Waals surface area contributed by atoms with Gasteiger partial charge in [-0.15, -0.1) is 5.10 Å². The molecule has 2 aliphatic carbocycles. The van der Waals surface area contributed by atoms with Crippen molar-refractivity contribution in [2.24, 2.45) is 17.3 Å². The van der Waals surface area contributed by atoms with E-state index in [1.54, 1.807) is 4.52 Å². The molecule has 3 heterocycles. The molecule has 0 aromatic carbocycles. The monoisotopic (exact) mass is 397 g/mol. The number of carbonyl (C=O) groups is 2. The minimum absolute atomic E-state index is 0.0894. The van der Waals surface area contributed by atoms with Crippen molar-refractivity contribution in [3.63, 3.8) is 0 Å². The van der Waals surface area contributed by atoms with E-state index in [2.05, 4.69) is 33.3 Å². The molecule has 0 bridgehead atoms. The fourth-order valence-corrected chi connectivity index (χ4v) is 5.40. The lowest BCUT2D eigenvalue weighted by Gasteiger charge is -2.56.